The van der Waals surface area contributed by atoms with E-state index in [1.165, 1.54) is 0 Å². The van der Waals surface area contributed by atoms with Crippen molar-refractivity contribution in [3.05, 3.63) is 32.6 Å². The zero-order valence-corrected chi connectivity index (χ0v) is 26.3. The first-order valence-electron chi connectivity index (χ1n) is 10.7. The zero-order valence-electron chi connectivity index (χ0n) is 20.6. The van der Waals surface area contributed by atoms with Gasteiger partial charge in [-0.3, -0.25) is 14.3 Å². The number of unbranched alkanes of at least 4 members (excludes halogenated alkanes) is 4. The minimum atomic E-state index is -5.27. The minimum Gasteiger partial charge on any atom is -0.790 e. The summed E-state index contributed by atoms with van der Waals surface area (Å²) in [6.07, 6.45) is 1.86. The molecule has 0 spiro atoms. The molecule has 1 aromatic heterocycles. The molecule has 1 aromatic rings. The number of aliphatic hydroxyl groups excluding tert-OH is 1. The van der Waals surface area contributed by atoms with Crippen LogP contribution in [-0.2, 0) is 23.8 Å². The average Bonchev–Trinajstić information content (AvgIpc) is 3.10. The summed E-state index contributed by atoms with van der Waals surface area (Å²) in [5.74, 6) is 4.98. The van der Waals surface area contributed by atoms with Gasteiger partial charge in [0.2, 0.25) is 10.0 Å². The van der Waals surface area contributed by atoms with Crippen molar-refractivity contribution in [3.8, 4) is 11.8 Å². The van der Waals surface area contributed by atoms with Gasteiger partial charge in [0.1, 0.15) is 17.9 Å². The van der Waals surface area contributed by atoms with Gasteiger partial charge in [-0.1, -0.05) is 44.4 Å². The fourth-order valence-corrected chi connectivity index (χ4v) is 4.59. The number of aromatic nitrogens is 2. The molecular formula is C19H28N3Na2O10PS. The maximum atomic E-state index is 12.2. The molecule has 0 saturated carbocycles. The molecule has 0 bridgehead atoms. The second-order valence-electron chi connectivity index (χ2n) is 7.74. The summed E-state index contributed by atoms with van der Waals surface area (Å²) in [5, 5.41) is 10.0. The summed E-state index contributed by atoms with van der Waals surface area (Å²) in [7, 11) is -8.78. The Hall–Kier alpha value is 0.180. The second kappa shape index (κ2) is 17.0. The predicted octanol–water partition coefficient (Wildman–Crippen LogP) is -7.72. The summed E-state index contributed by atoms with van der Waals surface area (Å²) in [6, 6.07) is 0. The number of phosphoric ester groups is 1. The van der Waals surface area contributed by atoms with Gasteiger partial charge in [-0.05, 0) is 6.42 Å². The molecule has 1 fully saturated rings. The number of phosphoric acid groups is 1. The van der Waals surface area contributed by atoms with E-state index >= 15 is 0 Å². The Morgan fingerprint density at radius 3 is 2.58 bits per heavy atom. The third-order valence-electron chi connectivity index (χ3n) is 5.00. The van der Waals surface area contributed by atoms with E-state index in [2.05, 4.69) is 28.0 Å². The number of H-pyrrole nitrogens is 1. The summed E-state index contributed by atoms with van der Waals surface area (Å²) in [4.78, 5) is 47.5. The van der Waals surface area contributed by atoms with Crippen LogP contribution in [0.5, 0.6) is 0 Å². The van der Waals surface area contributed by atoms with Crippen molar-refractivity contribution >= 4 is 17.8 Å². The molecule has 13 nitrogen and oxygen atoms in total. The Labute approximate surface area is 253 Å². The second-order valence-corrected chi connectivity index (χ2v) is 10.8. The maximum Gasteiger partial charge on any atom is 1.00 e. The minimum absolute atomic E-state index is 0. The number of aliphatic hydroxyl groups is 1. The van der Waals surface area contributed by atoms with Crippen molar-refractivity contribution in [1.29, 1.82) is 0 Å². The summed E-state index contributed by atoms with van der Waals surface area (Å²) in [5.41, 5.74) is -1.82. The molecular weight excluding hydrogens is 539 g/mol. The Kier molecular flexibility index (Phi) is 17.1. The van der Waals surface area contributed by atoms with Gasteiger partial charge in [0, 0.05) is 12.6 Å². The van der Waals surface area contributed by atoms with Gasteiger partial charge < -0.3 is 28.7 Å². The van der Waals surface area contributed by atoms with Crippen LogP contribution in [0.4, 0.5) is 0 Å². The molecule has 0 aliphatic carbocycles. The molecule has 0 amide bonds. The monoisotopic (exact) mass is 567 g/mol. The first kappa shape index (κ1) is 36.2. The SMILES string of the molecule is CCCCCCCS(=O)(=O)NCC#Cc1cn([C@H]2CC(O)[C@@H](COP(=O)([O-])[O-])O2)c(=O)[nH]c1=O.[Na+].[Na+]. The number of hydrogen-bond acceptors (Lipinski definition) is 10. The summed E-state index contributed by atoms with van der Waals surface area (Å²) < 4.78 is 47.4. The number of nitrogens with one attached hydrogen (secondary N) is 2. The third-order valence-corrected chi connectivity index (χ3v) is 6.87. The molecule has 0 radical (unpaired) electrons. The number of rotatable bonds is 12. The van der Waals surface area contributed by atoms with Crippen molar-refractivity contribution in [3.63, 3.8) is 0 Å². The van der Waals surface area contributed by atoms with Gasteiger partial charge in [-0.25, -0.2) is 17.9 Å². The standard InChI is InChI=1S/C19H30N3O10PS.2Na/c1-2-3-4-5-6-10-34(29,30)20-9-7-8-14-12-22(19(25)21-18(14)24)17-11-15(23)16(32-17)13-31-33(26,27)28;;/h12,15-17,20,23H,2-6,9-11,13H2,1H3,(H,21,24,25)(H2,26,27,28);;/q;2*+1/p-2/t15?,16-,17-;;/m1../s1. The molecule has 36 heavy (non-hydrogen) atoms. The van der Waals surface area contributed by atoms with Crippen LogP contribution >= 0.6 is 7.82 Å². The van der Waals surface area contributed by atoms with Gasteiger partial charge in [0.15, 0.2) is 0 Å². The number of nitrogens with zero attached hydrogens (tertiary/aromatic N) is 1. The van der Waals surface area contributed by atoms with E-state index in [4.69, 9.17) is 4.74 Å². The van der Waals surface area contributed by atoms with Crippen LogP contribution < -0.4 is 84.9 Å². The van der Waals surface area contributed by atoms with E-state index in [1.807, 2.05) is 4.98 Å². The number of sulfonamides is 1. The van der Waals surface area contributed by atoms with Gasteiger partial charge in [-0.15, -0.1) is 0 Å². The number of aromatic amines is 1. The average molecular weight is 567 g/mol. The van der Waals surface area contributed by atoms with Crippen LogP contribution in [0.25, 0.3) is 0 Å². The fraction of sp³-hybridized carbons (Fsp3) is 0.684. The van der Waals surface area contributed by atoms with E-state index < -0.39 is 54.1 Å². The molecule has 1 saturated heterocycles. The molecule has 192 valence electrons. The normalized spacial score (nSPS) is 19.6. The van der Waals surface area contributed by atoms with Crippen LogP contribution in [0.15, 0.2) is 15.8 Å². The van der Waals surface area contributed by atoms with Crippen molar-refractivity contribution < 1.29 is 96.3 Å². The Morgan fingerprint density at radius 2 is 1.94 bits per heavy atom. The quantitative estimate of drug-likeness (QED) is 0.0942. The molecule has 2 heterocycles. The molecule has 3 atom stereocenters. The van der Waals surface area contributed by atoms with E-state index in [-0.39, 0.29) is 83.4 Å². The molecule has 1 unspecified atom stereocenters. The Morgan fingerprint density at radius 1 is 1.28 bits per heavy atom. The smallest absolute Gasteiger partial charge is 0.790 e. The van der Waals surface area contributed by atoms with E-state index in [9.17, 15) is 37.5 Å². The predicted molar refractivity (Wildman–Crippen MR) is 117 cm³/mol. The molecule has 1 aliphatic heterocycles. The Bertz CT molecular complexity index is 1160. The first-order chi connectivity index (χ1) is 15.9. The Balaban J connectivity index is 0.00000612. The van der Waals surface area contributed by atoms with Crippen LogP contribution in [0.2, 0.25) is 0 Å². The van der Waals surface area contributed by atoms with Crippen LogP contribution in [0.3, 0.4) is 0 Å². The van der Waals surface area contributed by atoms with Gasteiger partial charge in [0.25, 0.3) is 5.56 Å². The maximum absolute atomic E-state index is 12.2. The third kappa shape index (κ3) is 12.8. The number of hydrogen-bond donors (Lipinski definition) is 3. The van der Waals surface area contributed by atoms with Crippen molar-refractivity contribution in [2.45, 2.75) is 63.9 Å². The zero-order chi connectivity index (χ0) is 25.4. The van der Waals surface area contributed by atoms with Gasteiger partial charge >= 0.3 is 64.8 Å². The molecule has 0 aromatic carbocycles. The molecule has 17 heteroatoms. The van der Waals surface area contributed by atoms with E-state index in [1.54, 1.807) is 0 Å². The van der Waals surface area contributed by atoms with E-state index in [0.29, 0.717) is 6.42 Å². The van der Waals surface area contributed by atoms with Crippen LogP contribution in [0.1, 0.15) is 57.2 Å². The molecule has 3 N–H and O–H groups in total. The van der Waals surface area contributed by atoms with Crippen molar-refractivity contribution in [2.75, 3.05) is 18.9 Å². The van der Waals surface area contributed by atoms with Crippen molar-refractivity contribution in [1.82, 2.24) is 14.3 Å². The summed E-state index contributed by atoms with van der Waals surface area (Å²) >= 11 is 0. The number of ether oxygens (including phenoxy) is 1. The van der Waals surface area contributed by atoms with E-state index in [0.717, 1.165) is 36.4 Å². The van der Waals surface area contributed by atoms with Crippen molar-refractivity contribution in [2.24, 2.45) is 0 Å². The fourth-order valence-electron chi connectivity index (χ4n) is 3.24. The topological polar surface area (TPSA) is 203 Å². The largest absolute Gasteiger partial charge is 1.00 e. The first-order valence-corrected chi connectivity index (χ1v) is 13.8. The van der Waals surface area contributed by atoms with Crippen LogP contribution in [-0.4, -0.2) is 54.2 Å². The van der Waals surface area contributed by atoms with Crippen LogP contribution in [0, 0.1) is 11.8 Å². The molecule has 1 aliphatic rings. The van der Waals surface area contributed by atoms with Gasteiger partial charge in [0.05, 0.1) is 32.8 Å². The molecule has 2 rings (SSSR count). The van der Waals surface area contributed by atoms with Gasteiger partial charge in [-0.2, -0.15) is 0 Å². The summed E-state index contributed by atoms with van der Waals surface area (Å²) in [6.45, 7) is 1.10.